The number of hydrogen-bond donors (Lipinski definition) is 1. The van der Waals surface area contributed by atoms with Gasteiger partial charge in [-0.3, -0.25) is 0 Å². The summed E-state index contributed by atoms with van der Waals surface area (Å²) < 4.78 is 13.1. The summed E-state index contributed by atoms with van der Waals surface area (Å²) in [6.07, 6.45) is 3.04. The highest BCUT2D eigenvalue weighted by molar-refractivity contribution is 6.31. The van der Waals surface area contributed by atoms with Crippen molar-refractivity contribution in [2.75, 3.05) is 11.9 Å². The molecule has 0 amide bonds. The molecule has 2 aromatic carbocycles. The van der Waals surface area contributed by atoms with E-state index in [4.69, 9.17) is 21.1 Å². The van der Waals surface area contributed by atoms with Gasteiger partial charge in [0.15, 0.2) is 0 Å². The van der Waals surface area contributed by atoms with Crippen LogP contribution in [-0.4, -0.2) is 27.3 Å². The predicted molar refractivity (Wildman–Crippen MR) is 123 cm³/mol. The number of nitrogens with zero attached hydrogens (tertiary/aromatic N) is 3. The molecule has 4 rings (SSSR count). The third-order valence-corrected chi connectivity index (χ3v) is 5.57. The van der Waals surface area contributed by atoms with E-state index in [1.54, 1.807) is 11.6 Å². The van der Waals surface area contributed by atoms with Gasteiger partial charge in [-0.25, -0.2) is 9.48 Å². The molecule has 8 heteroatoms. The van der Waals surface area contributed by atoms with E-state index in [0.717, 1.165) is 23.2 Å². The molecule has 0 aliphatic carbocycles. The Labute approximate surface area is 192 Å². The first kappa shape index (κ1) is 21.9. The number of aromatic nitrogens is 3. The molecule has 0 unspecified atom stereocenters. The minimum absolute atomic E-state index is 0.291. The van der Waals surface area contributed by atoms with Crippen molar-refractivity contribution in [1.29, 1.82) is 0 Å². The molecule has 1 N–H and O–H groups in total. The van der Waals surface area contributed by atoms with Gasteiger partial charge in [0.2, 0.25) is 5.95 Å². The summed E-state index contributed by atoms with van der Waals surface area (Å²) in [7, 11) is 0. The molecule has 0 saturated carbocycles. The smallest absolute Gasteiger partial charge is 0.338 e. The van der Waals surface area contributed by atoms with Gasteiger partial charge < -0.3 is 14.8 Å². The Hall–Kier alpha value is -3.32. The summed E-state index contributed by atoms with van der Waals surface area (Å²) in [5.74, 6) is 0.897. The molecule has 166 valence electrons. The van der Waals surface area contributed by atoms with Gasteiger partial charge in [-0.05, 0) is 37.1 Å². The highest BCUT2D eigenvalue weighted by Gasteiger charge is 2.35. The van der Waals surface area contributed by atoms with Crippen molar-refractivity contribution in [3.05, 3.63) is 82.3 Å². The van der Waals surface area contributed by atoms with E-state index in [1.807, 2.05) is 48.5 Å². The molecule has 0 saturated heterocycles. The number of nitrogens with one attached hydrogen (secondary N) is 1. The van der Waals surface area contributed by atoms with Crippen LogP contribution >= 0.6 is 11.6 Å². The number of hydrogen-bond acceptors (Lipinski definition) is 6. The first-order valence-electron chi connectivity index (χ1n) is 10.6. The molecule has 3 aromatic rings. The molecule has 1 aliphatic rings. The standard InChI is InChI=1S/C24H25ClN4O3/c1-3-8-20-21(23(30)31-4-2)22(29-24(28-20)26-15-27-29)16-10-7-11-18(13-16)32-14-17-9-5-6-12-19(17)25/h5-7,9-13,15,22H,3-4,8,14H2,1-2H3,(H,26,27,28)/t22-/m0/s1. The molecule has 0 fully saturated rings. The van der Waals surface area contributed by atoms with Gasteiger partial charge in [0.25, 0.3) is 0 Å². The number of allylic oxidation sites excluding steroid dienone is 1. The second kappa shape index (κ2) is 9.87. The highest BCUT2D eigenvalue weighted by Crippen LogP contribution is 2.37. The third kappa shape index (κ3) is 4.48. The highest BCUT2D eigenvalue weighted by atomic mass is 35.5. The Morgan fingerprint density at radius 2 is 2.03 bits per heavy atom. The van der Waals surface area contributed by atoms with Crippen molar-refractivity contribution < 1.29 is 14.3 Å². The molecule has 1 atom stereocenters. The van der Waals surface area contributed by atoms with Crippen molar-refractivity contribution >= 4 is 23.5 Å². The van der Waals surface area contributed by atoms with E-state index in [2.05, 4.69) is 22.3 Å². The predicted octanol–water partition coefficient (Wildman–Crippen LogP) is 5.14. The quantitative estimate of drug-likeness (QED) is 0.476. The van der Waals surface area contributed by atoms with Gasteiger partial charge in [-0.2, -0.15) is 10.1 Å². The molecule has 7 nitrogen and oxygen atoms in total. The number of carbonyl (C=O) groups is 1. The zero-order chi connectivity index (χ0) is 22.5. The summed E-state index contributed by atoms with van der Waals surface area (Å²) in [6.45, 7) is 4.49. The number of benzene rings is 2. The normalized spacial score (nSPS) is 15.2. The molecular formula is C24H25ClN4O3. The number of carbonyl (C=O) groups excluding carboxylic acids is 1. The third-order valence-electron chi connectivity index (χ3n) is 5.20. The van der Waals surface area contributed by atoms with Crippen LogP contribution in [0.5, 0.6) is 5.75 Å². The lowest BCUT2D eigenvalue weighted by molar-refractivity contribution is -0.139. The zero-order valence-electron chi connectivity index (χ0n) is 18.0. The van der Waals surface area contributed by atoms with Gasteiger partial charge in [0.1, 0.15) is 24.7 Å². The van der Waals surface area contributed by atoms with Crippen molar-refractivity contribution in [2.45, 2.75) is 39.3 Å². The second-order valence-corrected chi connectivity index (χ2v) is 7.78. The van der Waals surface area contributed by atoms with E-state index >= 15 is 0 Å². The van der Waals surface area contributed by atoms with Crippen LogP contribution < -0.4 is 10.1 Å². The number of anilines is 1. The summed E-state index contributed by atoms with van der Waals surface area (Å²) in [5, 5.41) is 8.29. The Morgan fingerprint density at radius 1 is 1.19 bits per heavy atom. The monoisotopic (exact) mass is 452 g/mol. The van der Waals surface area contributed by atoms with Crippen molar-refractivity contribution in [3.63, 3.8) is 0 Å². The van der Waals surface area contributed by atoms with Crippen molar-refractivity contribution in [3.8, 4) is 5.75 Å². The van der Waals surface area contributed by atoms with Crippen molar-refractivity contribution in [2.24, 2.45) is 0 Å². The summed E-state index contributed by atoms with van der Waals surface area (Å²) in [5.41, 5.74) is 3.10. The average Bonchev–Trinajstić information content (AvgIpc) is 3.26. The first-order valence-corrected chi connectivity index (χ1v) is 11.0. The lowest BCUT2D eigenvalue weighted by atomic mass is 9.94. The van der Waals surface area contributed by atoms with E-state index in [1.165, 1.54) is 6.33 Å². The fourth-order valence-electron chi connectivity index (χ4n) is 3.77. The molecule has 0 bridgehead atoms. The second-order valence-electron chi connectivity index (χ2n) is 7.37. The molecular weight excluding hydrogens is 428 g/mol. The Kier molecular flexibility index (Phi) is 6.75. The zero-order valence-corrected chi connectivity index (χ0v) is 18.8. The Bertz CT molecular complexity index is 1140. The largest absolute Gasteiger partial charge is 0.489 e. The number of halogens is 1. The van der Waals surface area contributed by atoms with E-state index < -0.39 is 6.04 Å². The van der Waals surface area contributed by atoms with Crippen LogP contribution in [0.25, 0.3) is 0 Å². The maximum atomic E-state index is 13.0. The van der Waals surface area contributed by atoms with Crippen LogP contribution in [0.4, 0.5) is 5.95 Å². The Morgan fingerprint density at radius 3 is 2.81 bits per heavy atom. The summed E-state index contributed by atoms with van der Waals surface area (Å²) in [6, 6.07) is 14.8. The number of esters is 1. The van der Waals surface area contributed by atoms with Gasteiger partial charge in [-0.15, -0.1) is 0 Å². The van der Waals surface area contributed by atoms with Gasteiger partial charge in [-0.1, -0.05) is 55.3 Å². The number of ether oxygens (including phenoxy) is 2. The van der Waals surface area contributed by atoms with Gasteiger partial charge in [0.05, 0.1) is 12.2 Å². The fraction of sp³-hybridized carbons (Fsp3) is 0.292. The maximum absolute atomic E-state index is 13.0. The van der Waals surface area contributed by atoms with E-state index in [9.17, 15) is 4.79 Å². The Balaban J connectivity index is 1.70. The SMILES string of the molecule is CCCC1=C(C(=O)OCC)[C@H](c2cccc(OCc3ccccc3Cl)c2)n2ncnc2N1. The minimum Gasteiger partial charge on any atom is -0.489 e. The molecule has 32 heavy (non-hydrogen) atoms. The molecule has 1 aliphatic heterocycles. The van der Waals surface area contributed by atoms with Crippen molar-refractivity contribution in [1.82, 2.24) is 14.8 Å². The molecule has 0 radical (unpaired) electrons. The van der Waals surface area contributed by atoms with Crippen LogP contribution in [0.15, 0.2) is 66.1 Å². The van der Waals surface area contributed by atoms with E-state index in [-0.39, 0.29) is 5.97 Å². The minimum atomic E-state index is -0.474. The van der Waals surface area contributed by atoms with E-state index in [0.29, 0.717) is 41.9 Å². The van der Waals surface area contributed by atoms with Gasteiger partial charge in [0, 0.05) is 16.3 Å². The first-order chi connectivity index (χ1) is 15.6. The van der Waals surface area contributed by atoms with Crippen LogP contribution in [0.3, 0.4) is 0 Å². The molecule has 2 heterocycles. The molecule has 0 spiro atoms. The molecule has 1 aromatic heterocycles. The number of rotatable bonds is 8. The topological polar surface area (TPSA) is 78.3 Å². The fourth-order valence-corrected chi connectivity index (χ4v) is 3.96. The number of fused-ring (bicyclic) bond motifs is 1. The van der Waals surface area contributed by atoms with Crippen LogP contribution in [0, 0.1) is 0 Å². The van der Waals surface area contributed by atoms with Crippen LogP contribution in [0.1, 0.15) is 43.9 Å². The van der Waals surface area contributed by atoms with Crippen LogP contribution in [-0.2, 0) is 16.1 Å². The summed E-state index contributed by atoms with van der Waals surface area (Å²) >= 11 is 6.25. The lowest BCUT2D eigenvalue weighted by Gasteiger charge is -2.29. The maximum Gasteiger partial charge on any atom is 0.338 e. The summed E-state index contributed by atoms with van der Waals surface area (Å²) in [4.78, 5) is 17.3. The average molecular weight is 453 g/mol. The van der Waals surface area contributed by atoms with Crippen LogP contribution in [0.2, 0.25) is 5.02 Å². The lowest BCUT2D eigenvalue weighted by Crippen LogP contribution is -2.30. The van der Waals surface area contributed by atoms with Gasteiger partial charge >= 0.3 is 5.97 Å².